The molecule has 2 heterocycles. The number of carbonyl (C=O) groups is 1. The van der Waals surface area contributed by atoms with Crippen LogP contribution in [-0.4, -0.2) is 29.9 Å². The summed E-state index contributed by atoms with van der Waals surface area (Å²) >= 11 is 6.05. The van der Waals surface area contributed by atoms with E-state index in [-0.39, 0.29) is 5.91 Å². The molecule has 2 aliphatic heterocycles. The van der Waals surface area contributed by atoms with Crippen LogP contribution in [0.25, 0.3) is 0 Å². The van der Waals surface area contributed by atoms with Crippen molar-refractivity contribution in [3.63, 3.8) is 0 Å². The van der Waals surface area contributed by atoms with Crippen molar-refractivity contribution in [1.82, 2.24) is 10.2 Å². The van der Waals surface area contributed by atoms with E-state index >= 15 is 0 Å². The van der Waals surface area contributed by atoms with Gasteiger partial charge in [-0.25, -0.2) is 0 Å². The van der Waals surface area contributed by atoms with Crippen LogP contribution >= 0.6 is 11.6 Å². The lowest BCUT2D eigenvalue weighted by Gasteiger charge is -2.39. The van der Waals surface area contributed by atoms with Crippen molar-refractivity contribution in [3.05, 3.63) is 34.3 Å². The van der Waals surface area contributed by atoms with Gasteiger partial charge in [-0.3, -0.25) is 9.69 Å². The molecule has 2 fully saturated rings. The molecule has 1 N–H and O–H groups in total. The Morgan fingerprint density at radius 1 is 1.38 bits per heavy atom. The molecule has 2 atom stereocenters. The van der Waals surface area contributed by atoms with Crippen molar-refractivity contribution in [1.29, 1.82) is 0 Å². The third-order valence-electron chi connectivity index (χ3n) is 4.90. The molecule has 1 amide bonds. The Morgan fingerprint density at radius 3 is 2.95 bits per heavy atom. The summed E-state index contributed by atoms with van der Waals surface area (Å²) in [5, 5.41) is 3.79. The van der Waals surface area contributed by atoms with Crippen molar-refractivity contribution >= 4 is 17.5 Å². The Bertz CT molecular complexity index is 532. The first-order valence-corrected chi connectivity index (χ1v) is 8.27. The van der Waals surface area contributed by atoms with Crippen molar-refractivity contribution < 1.29 is 4.79 Å². The van der Waals surface area contributed by atoms with E-state index in [0.717, 1.165) is 24.7 Å². The van der Waals surface area contributed by atoms with Crippen LogP contribution in [0.2, 0.25) is 5.02 Å². The van der Waals surface area contributed by atoms with E-state index in [1.807, 2.05) is 12.1 Å². The van der Waals surface area contributed by atoms with Gasteiger partial charge in [-0.15, -0.1) is 0 Å². The van der Waals surface area contributed by atoms with Crippen molar-refractivity contribution in [2.75, 3.05) is 13.1 Å². The summed E-state index contributed by atoms with van der Waals surface area (Å²) in [5.74, 6) is 0.693. The molecule has 2 aliphatic rings. The highest BCUT2D eigenvalue weighted by atomic mass is 35.5. The van der Waals surface area contributed by atoms with Crippen LogP contribution < -0.4 is 5.32 Å². The lowest BCUT2D eigenvalue weighted by molar-refractivity contribution is -0.119. The van der Waals surface area contributed by atoms with Gasteiger partial charge in [0.05, 0.1) is 0 Å². The molecule has 3 nitrogen and oxygen atoms in total. The smallest absolute Gasteiger partial charge is 0.220 e. The number of rotatable bonds is 3. The SMILES string of the molecule is Cc1cc(Cl)ccc1CN1CCCC[C@@H]1[C@@H]1CNC(=O)C1. The summed E-state index contributed by atoms with van der Waals surface area (Å²) in [7, 11) is 0. The molecule has 0 unspecified atom stereocenters. The molecule has 0 saturated carbocycles. The second kappa shape index (κ2) is 6.37. The van der Waals surface area contributed by atoms with E-state index in [1.165, 1.54) is 30.4 Å². The highest BCUT2D eigenvalue weighted by Gasteiger charge is 2.34. The van der Waals surface area contributed by atoms with Gasteiger partial charge in [-0.05, 0) is 49.6 Å². The van der Waals surface area contributed by atoms with Crippen LogP contribution in [0, 0.1) is 12.8 Å². The minimum Gasteiger partial charge on any atom is -0.356 e. The Balaban J connectivity index is 1.73. The molecule has 114 valence electrons. The summed E-state index contributed by atoms with van der Waals surface area (Å²) in [5.41, 5.74) is 2.61. The molecule has 21 heavy (non-hydrogen) atoms. The van der Waals surface area contributed by atoms with Gasteiger partial charge in [-0.1, -0.05) is 24.1 Å². The number of benzene rings is 1. The molecular weight excluding hydrogens is 284 g/mol. The van der Waals surface area contributed by atoms with E-state index < -0.39 is 0 Å². The minimum atomic E-state index is 0.216. The molecule has 0 bridgehead atoms. The number of likely N-dealkylation sites (tertiary alicyclic amines) is 1. The maximum atomic E-state index is 11.5. The Kier molecular flexibility index (Phi) is 4.51. The van der Waals surface area contributed by atoms with E-state index in [0.29, 0.717) is 18.4 Å². The number of nitrogens with one attached hydrogen (secondary N) is 1. The first-order chi connectivity index (χ1) is 10.1. The molecule has 0 aromatic heterocycles. The monoisotopic (exact) mass is 306 g/mol. The first-order valence-electron chi connectivity index (χ1n) is 7.89. The standard InChI is InChI=1S/C17H23ClN2O/c1-12-8-15(18)6-5-13(12)11-20-7-3-2-4-16(20)14-9-17(21)19-10-14/h5-6,8,14,16H,2-4,7,9-11H2,1H3,(H,19,21)/t14-,16+/m0/s1. The van der Waals surface area contributed by atoms with Crippen LogP contribution in [0.15, 0.2) is 18.2 Å². The third kappa shape index (κ3) is 3.41. The topological polar surface area (TPSA) is 32.3 Å². The molecular formula is C17H23ClN2O. The summed E-state index contributed by atoms with van der Waals surface area (Å²) < 4.78 is 0. The van der Waals surface area contributed by atoms with Crippen LogP contribution in [0.5, 0.6) is 0 Å². The minimum absolute atomic E-state index is 0.216. The number of amides is 1. The highest BCUT2D eigenvalue weighted by molar-refractivity contribution is 6.30. The van der Waals surface area contributed by atoms with Crippen molar-refractivity contribution in [2.24, 2.45) is 5.92 Å². The fraction of sp³-hybridized carbons (Fsp3) is 0.588. The molecule has 3 rings (SSSR count). The zero-order valence-corrected chi connectivity index (χ0v) is 13.3. The van der Waals surface area contributed by atoms with Crippen LogP contribution in [0.3, 0.4) is 0 Å². The Morgan fingerprint density at radius 2 is 2.24 bits per heavy atom. The quantitative estimate of drug-likeness (QED) is 0.930. The van der Waals surface area contributed by atoms with Crippen molar-refractivity contribution in [2.45, 2.75) is 45.2 Å². The lowest BCUT2D eigenvalue weighted by atomic mass is 9.89. The van der Waals surface area contributed by atoms with E-state index in [4.69, 9.17) is 11.6 Å². The molecule has 0 spiro atoms. The third-order valence-corrected chi connectivity index (χ3v) is 5.13. The number of aryl methyl sites for hydroxylation is 1. The van der Waals surface area contributed by atoms with E-state index in [1.54, 1.807) is 0 Å². The van der Waals surface area contributed by atoms with Gasteiger partial charge in [-0.2, -0.15) is 0 Å². The fourth-order valence-electron chi connectivity index (χ4n) is 3.70. The van der Waals surface area contributed by atoms with Gasteiger partial charge >= 0.3 is 0 Å². The van der Waals surface area contributed by atoms with Crippen LogP contribution in [-0.2, 0) is 11.3 Å². The normalized spacial score (nSPS) is 26.9. The predicted octanol–water partition coefficient (Wildman–Crippen LogP) is 3.14. The van der Waals surface area contributed by atoms with Gasteiger partial charge in [0.1, 0.15) is 0 Å². The molecule has 1 aromatic rings. The molecule has 4 heteroatoms. The van der Waals surface area contributed by atoms with Gasteiger partial charge in [0.15, 0.2) is 0 Å². The molecule has 2 saturated heterocycles. The van der Waals surface area contributed by atoms with Gasteiger partial charge < -0.3 is 5.32 Å². The largest absolute Gasteiger partial charge is 0.356 e. The maximum Gasteiger partial charge on any atom is 0.220 e. The van der Waals surface area contributed by atoms with Gasteiger partial charge in [0.2, 0.25) is 5.91 Å². The molecule has 0 aliphatic carbocycles. The fourth-order valence-corrected chi connectivity index (χ4v) is 3.93. The average Bonchev–Trinajstić information content (AvgIpc) is 2.89. The van der Waals surface area contributed by atoms with Crippen molar-refractivity contribution in [3.8, 4) is 0 Å². The average molecular weight is 307 g/mol. The summed E-state index contributed by atoms with van der Waals surface area (Å²) in [6.07, 6.45) is 4.45. The van der Waals surface area contributed by atoms with E-state index in [2.05, 4.69) is 23.2 Å². The summed E-state index contributed by atoms with van der Waals surface area (Å²) in [4.78, 5) is 14.1. The number of piperidine rings is 1. The number of hydrogen-bond donors (Lipinski definition) is 1. The second-order valence-electron chi connectivity index (χ2n) is 6.37. The van der Waals surface area contributed by atoms with Crippen LogP contribution in [0.1, 0.15) is 36.8 Å². The number of hydrogen-bond acceptors (Lipinski definition) is 2. The van der Waals surface area contributed by atoms with Crippen LogP contribution in [0.4, 0.5) is 0 Å². The lowest BCUT2D eigenvalue weighted by Crippen LogP contribution is -2.44. The van der Waals surface area contributed by atoms with Gasteiger partial charge in [0.25, 0.3) is 0 Å². The number of carbonyl (C=O) groups excluding carboxylic acids is 1. The molecule has 1 aromatic carbocycles. The Labute approximate surface area is 131 Å². The van der Waals surface area contributed by atoms with E-state index in [9.17, 15) is 4.79 Å². The first kappa shape index (κ1) is 14.9. The zero-order valence-electron chi connectivity index (χ0n) is 12.6. The highest BCUT2D eigenvalue weighted by Crippen LogP contribution is 2.29. The predicted molar refractivity (Wildman–Crippen MR) is 85.4 cm³/mol. The van der Waals surface area contributed by atoms with Gasteiger partial charge in [0, 0.05) is 36.5 Å². The maximum absolute atomic E-state index is 11.5. The second-order valence-corrected chi connectivity index (χ2v) is 6.81. The number of halogens is 1. The summed E-state index contributed by atoms with van der Waals surface area (Å²) in [6, 6.07) is 6.69. The zero-order chi connectivity index (χ0) is 14.8. The Hall–Kier alpha value is -1.06. The number of nitrogens with zero attached hydrogens (tertiary/aromatic N) is 1. The molecule has 0 radical (unpaired) electrons. The summed E-state index contributed by atoms with van der Waals surface area (Å²) in [6.45, 7) is 5.08.